The Labute approximate surface area is 160 Å². The number of hydrogen-bond acceptors (Lipinski definition) is 5. The summed E-state index contributed by atoms with van der Waals surface area (Å²) in [5.74, 6) is 0.240. The summed E-state index contributed by atoms with van der Waals surface area (Å²) < 4.78 is 27.9. The molecule has 1 saturated heterocycles. The van der Waals surface area contributed by atoms with E-state index < -0.39 is 12.3 Å². The zero-order chi connectivity index (χ0) is 19.5. The summed E-state index contributed by atoms with van der Waals surface area (Å²) in [6.45, 7) is 3.51. The quantitative estimate of drug-likeness (QED) is 0.721. The molecule has 1 fully saturated rings. The standard InChI is InChI=1S/C19H20F2N6O/c20-17(21)13-4-1-2-5-15(13)24-19(28)14-12-23-27-10-6-16(25-18(14)27)26-9-3-7-22-8-11-26/h1-2,4-6,10,12,17,22H,3,7-9,11H2,(H,24,28). The maximum absolute atomic E-state index is 13.2. The fourth-order valence-corrected chi connectivity index (χ4v) is 3.26. The molecular formula is C19H20F2N6O. The second kappa shape index (κ2) is 7.89. The molecule has 0 radical (unpaired) electrons. The number of hydrogen-bond donors (Lipinski definition) is 2. The van der Waals surface area contributed by atoms with E-state index in [1.807, 2.05) is 6.07 Å². The van der Waals surface area contributed by atoms with E-state index >= 15 is 0 Å². The van der Waals surface area contributed by atoms with Crippen molar-refractivity contribution in [1.82, 2.24) is 19.9 Å². The molecule has 1 aliphatic rings. The number of fused-ring (bicyclic) bond motifs is 1. The first-order chi connectivity index (χ1) is 13.6. The lowest BCUT2D eigenvalue weighted by atomic mass is 10.1. The minimum absolute atomic E-state index is 0.0802. The third-order valence-electron chi connectivity index (χ3n) is 4.71. The number of rotatable bonds is 4. The Kier molecular flexibility index (Phi) is 5.16. The molecule has 0 atom stereocenters. The van der Waals surface area contributed by atoms with Crippen molar-refractivity contribution in [2.45, 2.75) is 12.8 Å². The highest BCUT2D eigenvalue weighted by Crippen LogP contribution is 2.27. The molecular weight excluding hydrogens is 366 g/mol. The number of carbonyl (C=O) groups is 1. The van der Waals surface area contributed by atoms with E-state index in [2.05, 4.69) is 25.6 Å². The van der Waals surface area contributed by atoms with Gasteiger partial charge >= 0.3 is 0 Å². The molecule has 7 nitrogen and oxygen atoms in total. The molecule has 0 bridgehead atoms. The highest BCUT2D eigenvalue weighted by atomic mass is 19.3. The van der Waals surface area contributed by atoms with Crippen LogP contribution in [0.25, 0.3) is 5.65 Å². The lowest BCUT2D eigenvalue weighted by Crippen LogP contribution is -2.28. The lowest BCUT2D eigenvalue weighted by molar-refractivity contribution is 0.102. The van der Waals surface area contributed by atoms with E-state index in [1.165, 1.54) is 28.9 Å². The Morgan fingerprint density at radius 2 is 2.04 bits per heavy atom. The van der Waals surface area contributed by atoms with Gasteiger partial charge in [-0.2, -0.15) is 5.10 Å². The van der Waals surface area contributed by atoms with Crippen molar-refractivity contribution in [3.63, 3.8) is 0 Å². The molecule has 0 aliphatic carbocycles. The van der Waals surface area contributed by atoms with E-state index in [-0.39, 0.29) is 16.8 Å². The van der Waals surface area contributed by atoms with Gasteiger partial charge in [0.15, 0.2) is 5.65 Å². The van der Waals surface area contributed by atoms with Gasteiger partial charge in [0.2, 0.25) is 0 Å². The summed E-state index contributed by atoms with van der Waals surface area (Å²) in [6.07, 6.45) is 1.47. The van der Waals surface area contributed by atoms with Crippen molar-refractivity contribution in [3.05, 3.63) is 53.9 Å². The molecule has 2 aromatic heterocycles. The average Bonchev–Trinajstić information content (AvgIpc) is 2.93. The van der Waals surface area contributed by atoms with Crippen LogP contribution in [0.4, 0.5) is 20.3 Å². The van der Waals surface area contributed by atoms with Crippen molar-refractivity contribution in [3.8, 4) is 0 Å². The summed E-state index contributed by atoms with van der Waals surface area (Å²) in [7, 11) is 0. The number of aromatic nitrogens is 3. The average molecular weight is 386 g/mol. The largest absolute Gasteiger partial charge is 0.355 e. The fourth-order valence-electron chi connectivity index (χ4n) is 3.26. The maximum Gasteiger partial charge on any atom is 0.265 e. The molecule has 2 N–H and O–H groups in total. The predicted molar refractivity (Wildman–Crippen MR) is 102 cm³/mol. The summed E-state index contributed by atoms with van der Waals surface area (Å²) in [6, 6.07) is 7.71. The van der Waals surface area contributed by atoms with Crippen LogP contribution in [-0.4, -0.2) is 46.7 Å². The van der Waals surface area contributed by atoms with Crippen molar-refractivity contribution < 1.29 is 13.6 Å². The van der Waals surface area contributed by atoms with Crippen molar-refractivity contribution in [2.24, 2.45) is 0 Å². The van der Waals surface area contributed by atoms with E-state index in [0.29, 0.717) is 5.65 Å². The molecule has 28 heavy (non-hydrogen) atoms. The Hall–Kier alpha value is -3.07. The molecule has 0 unspecified atom stereocenters. The van der Waals surface area contributed by atoms with Gasteiger partial charge in [-0.05, 0) is 25.1 Å². The van der Waals surface area contributed by atoms with Gasteiger partial charge in [-0.25, -0.2) is 18.3 Å². The molecule has 3 aromatic rings. The Morgan fingerprint density at radius 3 is 2.89 bits per heavy atom. The maximum atomic E-state index is 13.2. The van der Waals surface area contributed by atoms with Crippen molar-refractivity contribution >= 4 is 23.1 Å². The van der Waals surface area contributed by atoms with Gasteiger partial charge in [0.05, 0.1) is 6.20 Å². The van der Waals surface area contributed by atoms with Gasteiger partial charge in [0, 0.05) is 37.1 Å². The van der Waals surface area contributed by atoms with Gasteiger partial charge < -0.3 is 15.5 Å². The third-order valence-corrected chi connectivity index (χ3v) is 4.71. The highest BCUT2D eigenvalue weighted by Gasteiger charge is 2.19. The van der Waals surface area contributed by atoms with Crippen molar-refractivity contribution in [1.29, 1.82) is 0 Å². The number of nitrogens with zero attached hydrogens (tertiary/aromatic N) is 4. The number of para-hydroxylation sites is 1. The number of anilines is 2. The Morgan fingerprint density at radius 1 is 1.18 bits per heavy atom. The monoisotopic (exact) mass is 386 g/mol. The van der Waals surface area contributed by atoms with E-state index in [9.17, 15) is 13.6 Å². The molecule has 9 heteroatoms. The number of carbonyl (C=O) groups excluding carboxylic acids is 1. The van der Waals surface area contributed by atoms with Crippen LogP contribution in [0.15, 0.2) is 42.7 Å². The van der Waals surface area contributed by atoms with Crippen LogP contribution < -0.4 is 15.5 Å². The van der Waals surface area contributed by atoms with Gasteiger partial charge in [0.25, 0.3) is 12.3 Å². The minimum Gasteiger partial charge on any atom is -0.355 e. The third kappa shape index (κ3) is 3.65. The smallest absolute Gasteiger partial charge is 0.265 e. The Balaban J connectivity index is 1.63. The molecule has 0 spiro atoms. The number of benzene rings is 1. The van der Waals surface area contributed by atoms with Crippen LogP contribution in [-0.2, 0) is 0 Å². The second-order valence-corrected chi connectivity index (χ2v) is 6.54. The molecule has 1 aliphatic heterocycles. The first-order valence-electron chi connectivity index (χ1n) is 9.12. The van der Waals surface area contributed by atoms with Gasteiger partial charge in [-0.3, -0.25) is 4.79 Å². The zero-order valence-electron chi connectivity index (χ0n) is 15.1. The normalized spacial score (nSPS) is 15.0. The highest BCUT2D eigenvalue weighted by molar-refractivity contribution is 6.08. The topological polar surface area (TPSA) is 74.6 Å². The van der Waals surface area contributed by atoms with Crippen LogP contribution in [0, 0.1) is 0 Å². The van der Waals surface area contributed by atoms with Gasteiger partial charge in [0.1, 0.15) is 11.4 Å². The van der Waals surface area contributed by atoms with Crippen LogP contribution >= 0.6 is 0 Å². The van der Waals surface area contributed by atoms with Crippen LogP contribution in [0.3, 0.4) is 0 Å². The summed E-state index contributed by atoms with van der Waals surface area (Å²) in [5.41, 5.74) is 0.482. The van der Waals surface area contributed by atoms with Crippen LogP contribution in [0.2, 0.25) is 0 Å². The predicted octanol–water partition coefficient (Wildman–Crippen LogP) is 2.72. The van der Waals surface area contributed by atoms with E-state index in [4.69, 9.17) is 0 Å². The number of alkyl halides is 2. The SMILES string of the molecule is O=C(Nc1ccccc1C(F)F)c1cnn2ccc(N3CCCNCC3)nc12. The number of nitrogens with one attached hydrogen (secondary N) is 2. The zero-order valence-corrected chi connectivity index (χ0v) is 15.1. The molecule has 1 aromatic carbocycles. The minimum atomic E-state index is -2.68. The Bertz CT molecular complexity index is 981. The van der Waals surface area contributed by atoms with E-state index in [1.54, 1.807) is 12.3 Å². The van der Waals surface area contributed by atoms with Crippen LogP contribution in [0.1, 0.15) is 28.8 Å². The van der Waals surface area contributed by atoms with Crippen molar-refractivity contribution in [2.75, 3.05) is 36.4 Å². The summed E-state index contributed by atoms with van der Waals surface area (Å²) in [5, 5.41) is 10.1. The van der Waals surface area contributed by atoms with Gasteiger partial charge in [-0.15, -0.1) is 0 Å². The van der Waals surface area contributed by atoms with Crippen LogP contribution in [0.5, 0.6) is 0 Å². The van der Waals surface area contributed by atoms with E-state index in [0.717, 1.165) is 38.4 Å². The van der Waals surface area contributed by atoms with Gasteiger partial charge in [-0.1, -0.05) is 18.2 Å². The molecule has 1 amide bonds. The second-order valence-electron chi connectivity index (χ2n) is 6.54. The fraction of sp³-hybridized carbons (Fsp3) is 0.316. The molecule has 3 heterocycles. The first kappa shape index (κ1) is 18.3. The summed E-state index contributed by atoms with van der Waals surface area (Å²) >= 11 is 0. The molecule has 0 saturated carbocycles. The summed E-state index contributed by atoms with van der Waals surface area (Å²) in [4.78, 5) is 19.5. The lowest BCUT2D eigenvalue weighted by Gasteiger charge is -2.21. The molecule has 146 valence electrons. The first-order valence-corrected chi connectivity index (χ1v) is 9.12. The number of halogens is 2. The number of amides is 1. The molecule has 4 rings (SSSR count).